The smallest absolute Gasteiger partial charge is 0.237 e. The van der Waals surface area contributed by atoms with E-state index >= 15 is 0 Å². The van der Waals surface area contributed by atoms with Gasteiger partial charge in [0.2, 0.25) is 5.91 Å². The number of amides is 1. The van der Waals surface area contributed by atoms with Crippen LogP contribution in [0.2, 0.25) is 10.0 Å². The Labute approximate surface area is 143 Å². The molecule has 0 fully saturated rings. The predicted molar refractivity (Wildman–Crippen MR) is 91.8 cm³/mol. The molecule has 0 aliphatic carbocycles. The van der Waals surface area contributed by atoms with Crippen LogP contribution in [0.25, 0.3) is 0 Å². The summed E-state index contributed by atoms with van der Waals surface area (Å²) < 4.78 is 0. The van der Waals surface area contributed by atoms with Gasteiger partial charge in [-0.1, -0.05) is 41.9 Å². The molecule has 0 saturated heterocycles. The fourth-order valence-electron chi connectivity index (χ4n) is 1.76. The van der Waals surface area contributed by atoms with Gasteiger partial charge in [0.25, 0.3) is 0 Å². The van der Waals surface area contributed by atoms with E-state index in [0.717, 1.165) is 10.7 Å². The van der Waals surface area contributed by atoms with E-state index in [1.54, 1.807) is 18.2 Å². The highest BCUT2D eigenvalue weighted by Gasteiger charge is 2.19. The van der Waals surface area contributed by atoms with Crippen LogP contribution in [0, 0.1) is 6.92 Å². The van der Waals surface area contributed by atoms with E-state index in [0.29, 0.717) is 22.2 Å². The van der Waals surface area contributed by atoms with Crippen molar-refractivity contribution in [1.82, 2.24) is 9.97 Å². The summed E-state index contributed by atoms with van der Waals surface area (Å²) in [5.74, 6) is -0.0952. The van der Waals surface area contributed by atoms with Gasteiger partial charge in [-0.15, -0.1) is 0 Å². The minimum Gasteiger partial charge on any atom is -0.325 e. The molecule has 2 rings (SSSR count). The van der Waals surface area contributed by atoms with Gasteiger partial charge in [-0.25, -0.2) is 9.97 Å². The number of benzene rings is 1. The fourth-order valence-corrected chi connectivity index (χ4v) is 3.03. The van der Waals surface area contributed by atoms with Crippen LogP contribution in [0.15, 0.2) is 35.6 Å². The molecule has 1 heterocycles. The Morgan fingerprint density at radius 2 is 2.05 bits per heavy atom. The number of hydrogen-bond acceptors (Lipinski definition) is 4. The molecule has 1 amide bonds. The lowest BCUT2D eigenvalue weighted by Crippen LogP contribution is -2.24. The number of hydrogen-bond donors (Lipinski definition) is 1. The Balaban J connectivity index is 2.06. The van der Waals surface area contributed by atoms with Gasteiger partial charge in [0, 0.05) is 11.4 Å². The summed E-state index contributed by atoms with van der Waals surface area (Å²) in [6, 6.07) is 6.87. The van der Waals surface area contributed by atoms with E-state index in [4.69, 9.17) is 23.2 Å². The summed E-state index contributed by atoms with van der Waals surface area (Å²) in [5.41, 5.74) is 1.49. The van der Waals surface area contributed by atoms with Crippen LogP contribution in [-0.4, -0.2) is 21.1 Å². The van der Waals surface area contributed by atoms with Gasteiger partial charge in [-0.2, -0.15) is 0 Å². The van der Waals surface area contributed by atoms with E-state index in [1.165, 1.54) is 18.1 Å². The third-order valence-electron chi connectivity index (χ3n) is 2.89. The van der Waals surface area contributed by atoms with Crippen LogP contribution in [0.5, 0.6) is 0 Å². The fraction of sp³-hybridized carbons (Fsp3) is 0.267. The number of aromatic nitrogens is 2. The van der Waals surface area contributed by atoms with Gasteiger partial charge in [-0.05, 0) is 37.6 Å². The molecular formula is C15H15Cl2N3OS. The van der Waals surface area contributed by atoms with Crippen molar-refractivity contribution in [3.05, 3.63) is 46.3 Å². The molecule has 4 nitrogen and oxygen atoms in total. The standard InChI is InChI=1S/C15H15Cl2N3OS/c1-3-13(22-14-6-9(2)18-8-19-14)15(21)20-10-4-5-11(16)12(17)7-10/h4-8,13H,3H2,1-2H3,(H,20,21). The average molecular weight is 356 g/mol. The predicted octanol–water partition coefficient (Wildman–Crippen LogP) is 4.60. The Morgan fingerprint density at radius 1 is 1.27 bits per heavy atom. The molecule has 7 heteroatoms. The molecule has 22 heavy (non-hydrogen) atoms. The Bertz CT molecular complexity index is 682. The van der Waals surface area contributed by atoms with E-state index in [2.05, 4.69) is 15.3 Å². The van der Waals surface area contributed by atoms with E-state index in [-0.39, 0.29) is 11.2 Å². The largest absolute Gasteiger partial charge is 0.325 e. The summed E-state index contributed by atoms with van der Waals surface area (Å²) in [5, 5.41) is 4.25. The number of rotatable bonds is 5. The average Bonchev–Trinajstić information content (AvgIpc) is 2.48. The van der Waals surface area contributed by atoms with Crippen molar-refractivity contribution in [2.75, 3.05) is 5.32 Å². The van der Waals surface area contributed by atoms with Gasteiger partial charge in [0.15, 0.2) is 0 Å². The molecule has 0 aliphatic heterocycles. The quantitative estimate of drug-likeness (QED) is 0.628. The molecule has 0 aliphatic rings. The maximum absolute atomic E-state index is 12.4. The SMILES string of the molecule is CCC(Sc1cc(C)ncn1)C(=O)Nc1ccc(Cl)c(Cl)c1. The zero-order valence-corrected chi connectivity index (χ0v) is 14.5. The lowest BCUT2D eigenvalue weighted by Gasteiger charge is -2.14. The summed E-state index contributed by atoms with van der Waals surface area (Å²) in [4.78, 5) is 20.6. The van der Waals surface area contributed by atoms with Gasteiger partial charge in [0.05, 0.1) is 15.3 Å². The zero-order valence-electron chi connectivity index (χ0n) is 12.1. The summed E-state index contributed by atoms with van der Waals surface area (Å²) >= 11 is 13.2. The minimum atomic E-state index is -0.247. The number of carbonyl (C=O) groups is 1. The molecule has 1 unspecified atom stereocenters. The number of halogens is 2. The van der Waals surface area contributed by atoms with Crippen LogP contribution in [0.1, 0.15) is 19.0 Å². The minimum absolute atomic E-state index is 0.0952. The van der Waals surface area contributed by atoms with Crippen molar-refractivity contribution in [1.29, 1.82) is 0 Å². The third kappa shape index (κ3) is 4.60. The first kappa shape index (κ1) is 17.1. The van der Waals surface area contributed by atoms with Crippen molar-refractivity contribution >= 4 is 46.6 Å². The molecule has 1 atom stereocenters. The molecule has 1 aromatic carbocycles. The van der Waals surface area contributed by atoms with Gasteiger partial charge < -0.3 is 5.32 Å². The summed E-state index contributed by atoms with van der Waals surface area (Å²) in [6.07, 6.45) is 2.18. The van der Waals surface area contributed by atoms with Crippen molar-refractivity contribution in [3.63, 3.8) is 0 Å². The number of aryl methyl sites for hydroxylation is 1. The number of nitrogens with one attached hydrogen (secondary N) is 1. The number of thioether (sulfide) groups is 1. The Morgan fingerprint density at radius 3 is 2.68 bits per heavy atom. The van der Waals surface area contributed by atoms with Crippen molar-refractivity contribution in [2.45, 2.75) is 30.5 Å². The van der Waals surface area contributed by atoms with E-state index < -0.39 is 0 Å². The van der Waals surface area contributed by atoms with E-state index in [9.17, 15) is 4.79 Å². The molecule has 0 bridgehead atoms. The highest BCUT2D eigenvalue weighted by atomic mass is 35.5. The highest BCUT2D eigenvalue weighted by molar-refractivity contribution is 8.00. The number of carbonyl (C=O) groups excluding carboxylic acids is 1. The maximum atomic E-state index is 12.4. The first-order valence-electron chi connectivity index (χ1n) is 6.70. The van der Waals surface area contributed by atoms with Gasteiger partial charge in [0.1, 0.15) is 11.4 Å². The molecule has 1 N–H and O–H groups in total. The normalized spacial score (nSPS) is 12.0. The number of nitrogens with zero attached hydrogens (tertiary/aromatic N) is 2. The maximum Gasteiger partial charge on any atom is 0.237 e. The molecule has 2 aromatic rings. The Hall–Kier alpha value is -1.30. The topological polar surface area (TPSA) is 54.9 Å². The lowest BCUT2D eigenvalue weighted by atomic mass is 10.2. The first-order chi connectivity index (χ1) is 10.5. The second kappa shape index (κ2) is 7.81. The Kier molecular flexibility index (Phi) is 6.06. The van der Waals surface area contributed by atoms with E-state index in [1.807, 2.05) is 19.9 Å². The van der Waals surface area contributed by atoms with Crippen molar-refractivity contribution < 1.29 is 4.79 Å². The van der Waals surface area contributed by atoms with Gasteiger partial charge in [-0.3, -0.25) is 4.79 Å². The van der Waals surface area contributed by atoms with Crippen LogP contribution in [0.3, 0.4) is 0 Å². The van der Waals surface area contributed by atoms with Crippen LogP contribution in [-0.2, 0) is 4.79 Å². The van der Waals surface area contributed by atoms with Gasteiger partial charge >= 0.3 is 0 Å². The molecule has 0 spiro atoms. The molecule has 116 valence electrons. The summed E-state index contributed by atoms with van der Waals surface area (Å²) in [6.45, 7) is 3.85. The molecule has 0 saturated carbocycles. The van der Waals surface area contributed by atoms with Crippen molar-refractivity contribution in [2.24, 2.45) is 0 Å². The second-order valence-corrected chi connectivity index (χ2v) is 6.67. The van der Waals surface area contributed by atoms with Crippen LogP contribution < -0.4 is 5.32 Å². The second-order valence-electron chi connectivity index (χ2n) is 4.63. The highest BCUT2D eigenvalue weighted by Crippen LogP contribution is 2.27. The monoisotopic (exact) mass is 355 g/mol. The molecule has 0 radical (unpaired) electrons. The molecular weight excluding hydrogens is 341 g/mol. The van der Waals surface area contributed by atoms with Crippen LogP contribution in [0.4, 0.5) is 5.69 Å². The zero-order chi connectivity index (χ0) is 16.1. The number of anilines is 1. The third-order valence-corrected chi connectivity index (χ3v) is 4.93. The van der Waals surface area contributed by atoms with Crippen LogP contribution >= 0.6 is 35.0 Å². The summed E-state index contributed by atoms with van der Waals surface area (Å²) in [7, 11) is 0. The first-order valence-corrected chi connectivity index (χ1v) is 8.34. The van der Waals surface area contributed by atoms with Crippen molar-refractivity contribution in [3.8, 4) is 0 Å². The lowest BCUT2D eigenvalue weighted by molar-refractivity contribution is -0.115. The molecule has 1 aromatic heterocycles.